The lowest BCUT2D eigenvalue weighted by Gasteiger charge is -2.25. The van der Waals surface area contributed by atoms with Gasteiger partial charge in [0.2, 0.25) is 0 Å². The predicted octanol–water partition coefficient (Wildman–Crippen LogP) is 4.19. The number of phenolic OH excluding ortho intramolecular Hbond substituents is 1. The number of Topliss-reactive ketones (excluding diaryl/α,β-unsaturated/α-hetero) is 1. The van der Waals surface area contributed by atoms with E-state index >= 15 is 0 Å². The summed E-state index contributed by atoms with van der Waals surface area (Å²) in [5, 5.41) is 20.9. The number of aromatic hydroxyl groups is 1. The first-order valence-corrected chi connectivity index (χ1v) is 9.59. The molecule has 2 N–H and O–H groups in total. The van der Waals surface area contributed by atoms with Crippen molar-refractivity contribution in [1.29, 1.82) is 0 Å². The molecule has 0 bridgehead atoms. The van der Waals surface area contributed by atoms with E-state index < -0.39 is 17.7 Å². The van der Waals surface area contributed by atoms with Crippen molar-refractivity contribution in [1.82, 2.24) is 4.90 Å². The Morgan fingerprint density at radius 2 is 1.93 bits per heavy atom. The molecule has 1 heterocycles. The van der Waals surface area contributed by atoms with E-state index in [1.54, 1.807) is 38.3 Å². The van der Waals surface area contributed by atoms with Gasteiger partial charge >= 0.3 is 0 Å². The predicted molar refractivity (Wildman–Crippen MR) is 110 cm³/mol. The number of methoxy groups -OCH3 is 1. The van der Waals surface area contributed by atoms with E-state index in [4.69, 9.17) is 16.3 Å². The highest BCUT2D eigenvalue weighted by Crippen LogP contribution is 2.41. The van der Waals surface area contributed by atoms with Gasteiger partial charge in [0.25, 0.3) is 11.7 Å². The number of benzene rings is 2. The summed E-state index contributed by atoms with van der Waals surface area (Å²) in [6.07, 6.45) is 0.636. The summed E-state index contributed by atoms with van der Waals surface area (Å²) in [5.74, 6) is -1.16. The van der Waals surface area contributed by atoms with Gasteiger partial charge in [0.05, 0.1) is 23.7 Å². The van der Waals surface area contributed by atoms with Crippen LogP contribution in [0.5, 0.6) is 11.5 Å². The van der Waals surface area contributed by atoms with Crippen LogP contribution in [0.15, 0.2) is 42.0 Å². The number of phenols is 1. The van der Waals surface area contributed by atoms with E-state index in [1.807, 2.05) is 6.92 Å². The number of aliphatic hydroxyl groups is 1. The molecular formula is C22H22ClNO5. The number of aryl methyl sites for hydroxylation is 1. The van der Waals surface area contributed by atoms with Gasteiger partial charge in [0.1, 0.15) is 17.3 Å². The van der Waals surface area contributed by atoms with Crippen LogP contribution in [0.25, 0.3) is 5.76 Å². The van der Waals surface area contributed by atoms with Crippen LogP contribution in [0.4, 0.5) is 0 Å². The minimum absolute atomic E-state index is 0.00141. The first kappa shape index (κ1) is 20.7. The topological polar surface area (TPSA) is 87.1 Å². The number of hydrogen-bond acceptors (Lipinski definition) is 5. The average molecular weight is 416 g/mol. The van der Waals surface area contributed by atoms with Gasteiger partial charge in [-0.2, -0.15) is 0 Å². The maximum absolute atomic E-state index is 12.9. The van der Waals surface area contributed by atoms with Crippen LogP contribution in [0.2, 0.25) is 5.02 Å². The highest BCUT2D eigenvalue weighted by atomic mass is 35.5. The zero-order valence-electron chi connectivity index (χ0n) is 16.4. The Kier molecular flexibility index (Phi) is 5.84. The molecule has 152 valence electrons. The summed E-state index contributed by atoms with van der Waals surface area (Å²) < 4.78 is 5.19. The second-order valence-corrected chi connectivity index (χ2v) is 7.29. The number of aliphatic hydroxyl groups excluding tert-OH is 1. The summed E-state index contributed by atoms with van der Waals surface area (Å²) >= 11 is 6.06. The summed E-state index contributed by atoms with van der Waals surface area (Å²) in [4.78, 5) is 27.0. The standard InChI is InChI=1S/C22H22ClNO5/c1-4-9-24-19(13-5-8-17(25)16(23)11-13)18(21(27)22(24)28)20(26)15-7-6-14(29-3)10-12(15)2/h5-8,10-11,19,25-26H,4,9H2,1-3H3/b20-18-. The third-order valence-corrected chi connectivity index (χ3v) is 5.28. The molecule has 0 spiro atoms. The fraction of sp³-hybridized carbons (Fsp3) is 0.273. The van der Waals surface area contributed by atoms with Gasteiger partial charge in [-0.25, -0.2) is 0 Å². The van der Waals surface area contributed by atoms with Crippen LogP contribution < -0.4 is 4.74 Å². The van der Waals surface area contributed by atoms with Gasteiger partial charge < -0.3 is 19.8 Å². The number of hydrogen-bond donors (Lipinski definition) is 2. The van der Waals surface area contributed by atoms with E-state index in [2.05, 4.69) is 0 Å². The number of likely N-dealkylation sites (tertiary alicyclic amines) is 1. The average Bonchev–Trinajstić information content (AvgIpc) is 2.94. The number of ether oxygens (including phenoxy) is 1. The van der Waals surface area contributed by atoms with Crippen molar-refractivity contribution in [2.24, 2.45) is 0 Å². The molecule has 0 saturated carbocycles. The third-order valence-electron chi connectivity index (χ3n) is 4.98. The second kappa shape index (κ2) is 8.17. The Labute approximate surface area is 174 Å². The number of rotatable bonds is 5. The van der Waals surface area contributed by atoms with Gasteiger partial charge in [-0.1, -0.05) is 24.6 Å². The molecule has 0 radical (unpaired) electrons. The van der Waals surface area contributed by atoms with Crippen LogP contribution in [-0.4, -0.2) is 40.5 Å². The Bertz CT molecular complexity index is 1010. The molecule has 2 aromatic carbocycles. The molecule has 2 aromatic rings. The van der Waals surface area contributed by atoms with E-state index in [-0.39, 0.29) is 22.1 Å². The SMILES string of the molecule is CCCN1C(=O)C(=O)/C(=C(\O)c2ccc(OC)cc2C)C1c1ccc(O)c(Cl)c1. The molecule has 0 aliphatic carbocycles. The van der Waals surface area contributed by atoms with Crippen molar-refractivity contribution in [2.75, 3.05) is 13.7 Å². The van der Waals surface area contributed by atoms with E-state index in [0.29, 0.717) is 35.4 Å². The lowest BCUT2D eigenvalue weighted by Crippen LogP contribution is -2.30. The molecule has 1 saturated heterocycles. The van der Waals surface area contributed by atoms with E-state index in [0.717, 1.165) is 0 Å². The van der Waals surface area contributed by atoms with Crippen molar-refractivity contribution >= 4 is 29.1 Å². The minimum atomic E-state index is -0.797. The lowest BCUT2D eigenvalue weighted by atomic mass is 9.93. The van der Waals surface area contributed by atoms with Gasteiger partial charge in [0, 0.05) is 12.1 Å². The summed E-state index contributed by atoms with van der Waals surface area (Å²) in [5.41, 5.74) is 1.67. The Balaban J connectivity index is 2.22. The van der Waals surface area contributed by atoms with Crippen molar-refractivity contribution in [2.45, 2.75) is 26.3 Å². The molecule has 6 nitrogen and oxygen atoms in total. The molecule has 1 atom stereocenters. The Morgan fingerprint density at radius 1 is 1.21 bits per heavy atom. The maximum atomic E-state index is 12.9. The zero-order valence-corrected chi connectivity index (χ0v) is 17.2. The molecule has 7 heteroatoms. The number of nitrogens with zero attached hydrogens (tertiary/aromatic N) is 1. The molecule has 29 heavy (non-hydrogen) atoms. The van der Waals surface area contributed by atoms with Crippen molar-refractivity contribution < 1.29 is 24.5 Å². The highest BCUT2D eigenvalue weighted by molar-refractivity contribution is 6.46. The quantitative estimate of drug-likeness (QED) is 0.434. The van der Waals surface area contributed by atoms with Crippen LogP contribution in [0, 0.1) is 6.92 Å². The van der Waals surface area contributed by atoms with E-state index in [9.17, 15) is 19.8 Å². The molecular weight excluding hydrogens is 394 g/mol. The van der Waals surface area contributed by atoms with Gasteiger partial charge in [0.15, 0.2) is 0 Å². The number of carbonyl (C=O) groups is 2. The van der Waals surface area contributed by atoms with Crippen molar-refractivity contribution in [3.05, 3.63) is 63.7 Å². The van der Waals surface area contributed by atoms with Crippen LogP contribution in [-0.2, 0) is 9.59 Å². The largest absolute Gasteiger partial charge is 0.507 e. The number of ketones is 1. The Morgan fingerprint density at radius 3 is 2.52 bits per heavy atom. The first-order chi connectivity index (χ1) is 13.8. The van der Waals surface area contributed by atoms with Crippen LogP contribution in [0.3, 0.4) is 0 Å². The number of halogens is 1. The molecule has 1 aliphatic heterocycles. The van der Waals surface area contributed by atoms with E-state index in [1.165, 1.54) is 17.0 Å². The molecule has 1 amide bonds. The smallest absolute Gasteiger partial charge is 0.295 e. The van der Waals surface area contributed by atoms with Crippen LogP contribution in [0.1, 0.15) is 36.1 Å². The fourth-order valence-electron chi connectivity index (χ4n) is 3.57. The third kappa shape index (κ3) is 3.68. The molecule has 0 aromatic heterocycles. The lowest BCUT2D eigenvalue weighted by molar-refractivity contribution is -0.139. The molecule has 1 unspecified atom stereocenters. The molecule has 1 aliphatic rings. The van der Waals surface area contributed by atoms with Crippen molar-refractivity contribution in [3.63, 3.8) is 0 Å². The van der Waals surface area contributed by atoms with Gasteiger partial charge in [-0.05, 0) is 54.8 Å². The van der Waals surface area contributed by atoms with Crippen molar-refractivity contribution in [3.8, 4) is 11.5 Å². The monoisotopic (exact) mass is 415 g/mol. The molecule has 3 rings (SSSR count). The van der Waals surface area contributed by atoms with Gasteiger partial charge in [-0.3, -0.25) is 9.59 Å². The second-order valence-electron chi connectivity index (χ2n) is 6.88. The molecule has 1 fully saturated rings. The summed E-state index contributed by atoms with van der Waals surface area (Å²) in [7, 11) is 1.54. The first-order valence-electron chi connectivity index (χ1n) is 9.22. The number of amides is 1. The van der Waals surface area contributed by atoms with Gasteiger partial charge in [-0.15, -0.1) is 0 Å². The highest BCUT2D eigenvalue weighted by Gasteiger charge is 2.45. The summed E-state index contributed by atoms with van der Waals surface area (Å²) in [6.45, 7) is 4.02. The minimum Gasteiger partial charge on any atom is -0.507 e. The normalized spacial score (nSPS) is 18.3. The maximum Gasteiger partial charge on any atom is 0.295 e. The zero-order chi connectivity index (χ0) is 21.3. The van der Waals surface area contributed by atoms with Crippen LogP contribution >= 0.6 is 11.6 Å². The summed E-state index contributed by atoms with van der Waals surface area (Å²) in [6, 6.07) is 8.77. The fourth-order valence-corrected chi connectivity index (χ4v) is 3.75. The number of carbonyl (C=O) groups excluding carboxylic acids is 2. The Hall–Kier alpha value is -2.99.